The normalized spacial score (nSPS) is 18.8. The van der Waals surface area contributed by atoms with Crippen molar-refractivity contribution in [3.05, 3.63) is 29.3 Å². The number of hydrogen-bond donors (Lipinski definition) is 1. The van der Waals surface area contributed by atoms with E-state index in [9.17, 15) is 9.59 Å². The molecular weight excluding hydrogens is 308 g/mol. The number of benzene rings is 1. The van der Waals surface area contributed by atoms with Gasteiger partial charge in [-0.1, -0.05) is 22.0 Å². The highest BCUT2D eigenvalue weighted by Gasteiger charge is 2.29. The smallest absolute Gasteiger partial charge is 0.251 e. The van der Waals surface area contributed by atoms with E-state index in [4.69, 9.17) is 0 Å². The van der Waals surface area contributed by atoms with Crippen molar-refractivity contribution >= 4 is 33.4 Å². The van der Waals surface area contributed by atoms with Crippen LogP contribution in [0, 0.1) is 6.92 Å². The summed E-state index contributed by atoms with van der Waals surface area (Å²) in [7, 11) is 0. The van der Waals surface area contributed by atoms with E-state index in [2.05, 4.69) is 21.2 Å². The second-order valence-corrected chi connectivity index (χ2v) is 5.96. The average Bonchev–Trinajstić information content (AvgIpc) is 2.69. The number of hydrogen-bond acceptors (Lipinski definition) is 2. The van der Waals surface area contributed by atoms with Crippen LogP contribution in [0.2, 0.25) is 0 Å². The Bertz CT molecular complexity index is 516. The van der Waals surface area contributed by atoms with Crippen molar-refractivity contribution < 1.29 is 9.59 Å². The van der Waals surface area contributed by atoms with E-state index < -0.39 is 0 Å². The maximum atomic E-state index is 11.9. The molecule has 2 amide bonds. The number of anilines is 1. The molecule has 1 aromatic carbocycles. The molecule has 2 rings (SSSR count). The largest absolute Gasteiger partial charge is 0.352 e. The second kappa shape index (κ2) is 5.74. The first kappa shape index (κ1) is 14.1. The lowest BCUT2D eigenvalue weighted by molar-refractivity contribution is -0.117. The van der Waals surface area contributed by atoms with Gasteiger partial charge in [-0.15, -0.1) is 0 Å². The monoisotopic (exact) mass is 324 g/mol. The van der Waals surface area contributed by atoms with E-state index >= 15 is 0 Å². The van der Waals surface area contributed by atoms with Gasteiger partial charge in [-0.3, -0.25) is 9.59 Å². The third-order valence-corrected chi connectivity index (χ3v) is 3.79. The summed E-state index contributed by atoms with van der Waals surface area (Å²) in [6.07, 6.45) is 0.505. The van der Waals surface area contributed by atoms with Crippen LogP contribution in [0.15, 0.2) is 18.2 Å². The van der Waals surface area contributed by atoms with Crippen molar-refractivity contribution in [2.24, 2.45) is 0 Å². The first-order chi connectivity index (χ1) is 9.02. The van der Waals surface area contributed by atoms with Gasteiger partial charge in [-0.2, -0.15) is 0 Å². The van der Waals surface area contributed by atoms with E-state index in [0.717, 1.165) is 11.3 Å². The Morgan fingerprint density at radius 1 is 1.53 bits per heavy atom. The van der Waals surface area contributed by atoms with Crippen molar-refractivity contribution in [3.63, 3.8) is 0 Å². The number of nitrogens with one attached hydrogen (secondary N) is 1. The fourth-order valence-electron chi connectivity index (χ4n) is 2.20. The van der Waals surface area contributed by atoms with Crippen LogP contribution >= 0.6 is 15.9 Å². The minimum absolute atomic E-state index is 0.0954. The molecule has 0 spiro atoms. The van der Waals surface area contributed by atoms with Crippen LogP contribution in [-0.4, -0.2) is 29.7 Å². The zero-order chi connectivity index (χ0) is 14.0. The number of aryl methyl sites for hydroxylation is 1. The molecule has 0 aromatic heterocycles. The van der Waals surface area contributed by atoms with Gasteiger partial charge in [0.05, 0.1) is 0 Å². The summed E-state index contributed by atoms with van der Waals surface area (Å²) < 4.78 is 0. The van der Waals surface area contributed by atoms with Gasteiger partial charge in [0.25, 0.3) is 5.91 Å². The minimum Gasteiger partial charge on any atom is -0.352 e. The van der Waals surface area contributed by atoms with Gasteiger partial charge in [-0.05, 0) is 31.5 Å². The van der Waals surface area contributed by atoms with Gasteiger partial charge in [0.1, 0.15) is 0 Å². The van der Waals surface area contributed by atoms with Crippen molar-refractivity contribution in [1.82, 2.24) is 5.32 Å². The van der Waals surface area contributed by atoms with Crippen molar-refractivity contribution in [3.8, 4) is 0 Å². The first-order valence-electron chi connectivity index (χ1n) is 6.36. The Morgan fingerprint density at radius 2 is 2.26 bits per heavy atom. The fourth-order valence-corrected chi connectivity index (χ4v) is 2.77. The first-order valence-corrected chi connectivity index (χ1v) is 7.27. The molecule has 1 saturated heterocycles. The molecule has 1 heterocycles. The Kier molecular flexibility index (Phi) is 4.24. The highest BCUT2D eigenvalue weighted by Crippen LogP contribution is 2.28. The summed E-state index contributed by atoms with van der Waals surface area (Å²) in [5, 5.41) is 2.77. The predicted octanol–water partition coefficient (Wildman–Crippen LogP) is 2.24. The summed E-state index contributed by atoms with van der Waals surface area (Å²) in [5.74, 6) is -0.0104. The summed E-state index contributed by atoms with van der Waals surface area (Å²) in [5.41, 5.74) is 2.42. The van der Waals surface area contributed by atoms with Gasteiger partial charge in [0, 0.05) is 35.6 Å². The van der Waals surface area contributed by atoms with Gasteiger partial charge in [-0.25, -0.2) is 0 Å². The van der Waals surface area contributed by atoms with Gasteiger partial charge in [0.15, 0.2) is 0 Å². The lowest BCUT2D eigenvalue weighted by atomic mass is 10.1. The van der Waals surface area contributed by atoms with Gasteiger partial charge >= 0.3 is 0 Å². The number of nitrogens with zero attached hydrogens (tertiary/aromatic N) is 1. The molecule has 1 N–H and O–H groups in total. The molecule has 102 valence electrons. The summed E-state index contributed by atoms with van der Waals surface area (Å²) >= 11 is 3.47. The van der Waals surface area contributed by atoms with E-state index in [1.165, 1.54) is 0 Å². The number of rotatable bonds is 3. The molecule has 1 atom stereocenters. The molecule has 5 heteroatoms. The van der Waals surface area contributed by atoms with E-state index in [1.54, 1.807) is 17.0 Å². The molecule has 1 unspecified atom stereocenters. The van der Waals surface area contributed by atoms with Crippen LogP contribution in [0.1, 0.15) is 29.3 Å². The van der Waals surface area contributed by atoms with Gasteiger partial charge < -0.3 is 10.2 Å². The molecule has 4 nitrogen and oxygen atoms in total. The number of carbonyl (C=O) groups excluding carboxylic acids is 2. The lowest BCUT2D eigenvalue weighted by Crippen LogP contribution is -2.27. The van der Waals surface area contributed by atoms with Crippen molar-refractivity contribution in [2.75, 3.05) is 18.0 Å². The zero-order valence-corrected chi connectivity index (χ0v) is 12.7. The van der Waals surface area contributed by atoms with Gasteiger partial charge in [0.2, 0.25) is 5.91 Å². The Morgan fingerprint density at radius 3 is 2.84 bits per heavy atom. The molecule has 1 aromatic rings. The van der Waals surface area contributed by atoms with Crippen molar-refractivity contribution in [2.45, 2.75) is 25.1 Å². The van der Waals surface area contributed by atoms with Crippen LogP contribution in [-0.2, 0) is 4.79 Å². The Balaban J connectivity index is 2.32. The Hall–Kier alpha value is -1.36. The van der Waals surface area contributed by atoms with Crippen LogP contribution < -0.4 is 10.2 Å². The second-order valence-electron chi connectivity index (χ2n) is 4.67. The van der Waals surface area contributed by atoms with Crippen LogP contribution in [0.25, 0.3) is 0 Å². The van der Waals surface area contributed by atoms with Crippen molar-refractivity contribution in [1.29, 1.82) is 0 Å². The van der Waals surface area contributed by atoms with E-state index in [0.29, 0.717) is 25.1 Å². The molecule has 0 saturated carbocycles. The Labute approximate surface area is 121 Å². The maximum absolute atomic E-state index is 11.9. The standard InChI is InChI=1S/C14H17BrN2O2/c1-3-16-14(19)10-5-4-9(2)12(6-10)17-8-11(15)7-13(17)18/h4-6,11H,3,7-8H2,1-2H3,(H,16,19). The zero-order valence-electron chi connectivity index (χ0n) is 11.1. The highest BCUT2D eigenvalue weighted by molar-refractivity contribution is 9.09. The molecule has 0 bridgehead atoms. The molecule has 1 aliphatic heterocycles. The molecule has 1 fully saturated rings. The topological polar surface area (TPSA) is 49.4 Å². The quantitative estimate of drug-likeness (QED) is 0.867. The molecule has 19 heavy (non-hydrogen) atoms. The summed E-state index contributed by atoms with van der Waals surface area (Å²) in [6.45, 7) is 5.07. The minimum atomic E-state index is -0.106. The fraction of sp³-hybridized carbons (Fsp3) is 0.429. The predicted molar refractivity (Wildman–Crippen MR) is 78.9 cm³/mol. The van der Waals surface area contributed by atoms with Crippen LogP contribution in [0.5, 0.6) is 0 Å². The third kappa shape index (κ3) is 2.97. The third-order valence-electron chi connectivity index (χ3n) is 3.18. The number of halogens is 1. The molecule has 0 radical (unpaired) electrons. The SMILES string of the molecule is CCNC(=O)c1ccc(C)c(N2CC(Br)CC2=O)c1. The number of carbonyl (C=O) groups is 2. The lowest BCUT2D eigenvalue weighted by Gasteiger charge is -2.19. The van der Waals surface area contributed by atoms with E-state index in [1.807, 2.05) is 19.9 Å². The van der Waals surface area contributed by atoms with E-state index in [-0.39, 0.29) is 16.6 Å². The van der Waals surface area contributed by atoms with Crippen LogP contribution in [0.3, 0.4) is 0 Å². The summed E-state index contributed by atoms with van der Waals surface area (Å²) in [4.78, 5) is 25.7. The molecule has 0 aliphatic carbocycles. The molecule has 1 aliphatic rings. The number of amides is 2. The summed E-state index contributed by atoms with van der Waals surface area (Å²) in [6, 6.07) is 5.47. The van der Waals surface area contributed by atoms with Crippen LogP contribution in [0.4, 0.5) is 5.69 Å². The average molecular weight is 325 g/mol. The highest BCUT2D eigenvalue weighted by atomic mass is 79.9. The molecular formula is C14H17BrN2O2. The number of alkyl halides is 1. The maximum Gasteiger partial charge on any atom is 0.251 e.